The standard InChI is InChI=1S/C16H25F2N3O/c1-4-20-9-5-6-13(11-20)10-19(3)15(22)14-8-7-12(2)21(14)16(17)18/h7-8,13,16H,4-6,9-11H2,1-3H3/t13-/m1/s1. The Morgan fingerprint density at radius 1 is 1.45 bits per heavy atom. The molecule has 0 aliphatic carbocycles. The first-order chi connectivity index (χ1) is 10.4. The minimum atomic E-state index is -2.69. The van der Waals surface area contributed by atoms with Crippen LogP contribution in [0, 0.1) is 12.8 Å². The van der Waals surface area contributed by atoms with Gasteiger partial charge in [0.1, 0.15) is 5.69 Å². The third kappa shape index (κ3) is 3.66. The highest BCUT2D eigenvalue weighted by molar-refractivity contribution is 5.92. The molecule has 0 radical (unpaired) electrons. The Balaban J connectivity index is 2.03. The number of alkyl halides is 2. The number of aromatic nitrogens is 1. The molecule has 1 fully saturated rings. The SMILES string of the molecule is CCN1CCC[C@H](CN(C)C(=O)c2ccc(C)n2C(F)F)C1. The molecule has 1 aliphatic heterocycles. The Labute approximate surface area is 130 Å². The Hall–Kier alpha value is -1.43. The van der Waals surface area contributed by atoms with E-state index in [1.807, 2.05) is 0 Å². The summed E-state index contributed by atoms with van der Waals surface area (Å²) in [6.45, 7) is 4.75. The van der Waals surface area contributed by atoms with Crippen LogP contribution in [0.25, 0.3) is 0 Å². The number of piperidine rings is 1. The summed E-state index contributed by atoms with van der Waals surface area (Å²) in [7, 11) is 1.70. The normalized spacial score (nSPS) is 19.6. The van der Waals surface area contributed by atoms with E-state index >= 15 is 0 Å². The van der Waals surface area contributed by atoms with Crippen molar-refractivity contribution < 1.29 is 13.6 Å². The number of amides is 1. The topological polar surface area (TPSA) is 28.5 Å². The highest BCUT2D eigenvalue weighted by Gasteiger charge is 2.25. The zero-order valence-electron chi connectivity index (χ0n) is 13.6. The molecule has 1 amide bonds. The first kappa shape index (κ1) is 16.9. The molecule has 1 atom stereocenters. The maximum absolute atomic E-state index is 13.1. The number of halogens is 2. The Morgan fingerprint density at radius 3 is 2.82 bits per heavy atom. The van der Waals surface area contributed by atoms with Crippen molar-refractivity contribution in [1.29, 1.82) is 0 Å². The van der Waals surface area contributed by atoms with Gasteiger partial charge in [0.25, 0.3) is 5.91 Å². The fraction of sp³-hybridized carbons (Fsp3) is 0.688. The average Bonchev–Trinajstić information content (AvgIpc) is 2.88. The van der Waals surface area contributed by atoms with E-state index in [0.717, 1.165) is 37.0 Å². The molecule has 6 heteroatoms. The zero-order chi connectivity index (χ0) is 16.3. The zero-order valence-corrected chi connectivity index (χ0v) is 13.6. The van der Waals surface area contributed by atoms with Crippen molar-refractivity contribution in [3.8, 4) is 0 Å². The highest BCUT2D eigenvalue weighted by atomic mass is 19.3. The molecule has 0 spiro atoms. The predicted octanol–water partition coefficient (Wildman–Crippen LogP) is 3.00. The van der Waals surface area contributed by atoms with Gasteiger partial charge >= 0.3 is 6.55 Å². The van der Waals surface area contributed by atoms with Crippen LogP contribution >= 0.6 is 0 Å². The second kappa shape index (κ2) is 7.22. The molecule has 1 saturated heterocycles. The summed E-state index contributed by atoms with van der Waals surface area (Å²) in [6, 6.07) is 3.05. The van der Waals surface area contributed by atoms with Crippen molar-refractivity contribution in [1.82, 2.24) is 14.4 Å². The lowest BCUT2D eigenvalue weighted by atomic mass is 9.97. The smallest absolute Gasteiger partial charge is 0.319 e. The van der Waals surface area contributed by atoms with Crippen LogP contribution in [0.3, 0.4) is 0 Å². The van der Waals surface area contributed by atoms with Crippen LogP contribution in [0.4, 0.5) is 8.78 Å². The largest absolute Gasteiger partial charge is 0.340 e. The number of aryl methyl sites for hydroxylation is 1. The molecule has 22 heavy (non-hydrogen) atoms. The van der Waals surface area contributed by atoms with Crippen molar-refractivity contribution in [3.05, 3.63) is 23.5 Å². The number of carbonyl (C=O) groups is 1. The fourth-order valence-corrected chi connectivity index (χ4v) is 3.24. The molecule has 0 bridgehead atoms. The van der Waals surface area contributed by atoms with Crippen molar-refractivity contribution >= 4 is 5.91 Å². The van der Waals surface area contributed by atoms with Gasteiger partial charge in [-0.2, -0.15) is 8.78 Å². The average molecular weight is 313 g/mol. The van der Waals surface area contributed by atoms with Gasteiger partial charge in [-0.1, -0.05) is 6.92 Å². The molecule has 1 aromatic rings. The van der Waals surface area contributed by atoms with Crippen LogP contribution in [0.2, 0.25) is 0 Å². The van der Waals surface area contributed by atoms with E-state index in [9.17, 15) is 13.6 Å². The molecular weight excluding hydrogens is 288 g/mol. The minimum Gasteiger partial charge on any atom is -0.340 e. The molecule has 124 valence electrons. The van der Waals surface area contributed by atoms with Gasteiger partial charge in [-0.3, -0.25) is 9.36 Å². The van der Waals surface area contributed by atoms with Crippen molar-refractivity contribution in [3.63, 3.8) is 0 Å². The maximum atomic E-state index is 13.1. The van der Waals surface area contributed by atoms with E-state index in [1.54, 1.807) is 24.9 Å². The van der Waals surface area contributed by atoms with Gasteiger partial charge in [0.2, 0.25) is 0 Å². The van der Waals surface area contributed by atoms with Crippen LogP contribution in [-0.2, 0) is 0 Å². The number of hydrogen-bond donors (Lipinski definition) is 0. The van der Waals surface area contributed by atoms with E-state index in [2.05, 4.69) is 11.8 Å². The lowest BCUT2D eigenvalue weighted by molar-refractivity contribution is 0.0545. The summed E-state index contributed by atoms with van der Waals surface area (Å²) in [5.41, 5.74) is 0.472. The van der Waals surface area contributed by atoms with Gasteiger partial charge < -0.3 is 9.80 Å². The molecule has 1 aromatic heterocycles. The molecular formula is C16H25F2N3O. The number of carbonyl (C=O) groups excluding carboxylic acids is 1. The molecule has 0 aromatic carbocycles. The third-order valence-electron chi connectivity index (χ3n) is 4.47. The summed E-state index contributed by atoms with van der Waals surface area (Å²) < 4.78 is 27.0. The summed E-state index contributed by atoms with van der Waals surface area (Å²) in [4.78, 5) is 16.4. The first-order valence-corrected chi connectivity index (χ1v) is 7.87. The van der Waals surface area contributed by atoms with Gasteiger partial charge in [-0.05, 0) is 50.9 Å². The number of hydrogen-bond acceptors (Lipinski definition) is 2. The van der Waals surface area contributed by atoms with Crippen molar-refractivity contribution in [2.24, 2.45) is 5.92 Å². The van der Waals surface area contributed by atoms with Gasteiger partial charge in [0, 0.05) is 25.8 Å². The van der Waals surface area contributed by atoms with Gasteiger partial charge in [-0.25, -0.2) is 0 Å². The molecule has 0 N–H and O–H groups in total. The summed E-state index contributed by atoms with van der Waals surface area (Å²) in [5, 5.41) is 0. The van der Waals surface area contributed by atoms with Crippen molar-refractivity contribution in [2.45, 2.75) is 33.2 Å². The number of nitrogens with zero attached hydrogens (tertiary/aromatic N) is 3. The highest BCUT2D eigenvalue weighted by Crippen LogP contribution is 2.21. The van der Waals surface area contributed by atoms with Crippen LogP contribution in [0.1, 0.15) is 42.5 Å². The van der Waals surface area contributed by atoms with Crippen LogP contribution in [0.15, 0.2) is 12.1 Å². The lowest BCUT2D eigenvalue weighted by Crippen LogP contribution is -2.41. The second-order valence-corrected chi connectivity index (χ2v) is 6.09. The molecule has 1 aliphatic rings. The second-order valence-electron chi connectivity index (χ2n) is 6.09. The maximum Gasteiger partial charge on any atom is 0.319 e. The summed E-state index contributed by atoms with van der Waals surface area (Å²) >= 11 is 0. The van der Waals surface area contributed by atoms with Crippen LogP contribution in [0.5, 0.6) is 0 Å². The van der Waals surface area contributed by atoms with Crippen LogP contribution < -0.4 is 0 Å². The third-order valence-corrected chi connectivity index (χ3v) is 4.47. The monoisotopic (exact) mass is 313 g/mol. The molecule has 4 nitrogen and oxygen atoms in total. The Bertz CT molecular complexity index is 515. The molecule has 2 heterocycles. The minimum absolute atomic E-state index is 0.0677. The van der Waals surface area contributed by atoms with E-state index in [4.69, 9.17) is 0 Å². The Morgan fingerprint density at radius 2 is 2.18 bits per heavy atom. The van der Waals surface area contributed by atoms with E-state index in [0.29, 0.717) is 18.2 Å². The van der Waals surface area contributed by atoms with E-state index in [-0.39, 0.29) is 11.6 Å². The van der Waals surface area contributed by atoms with Crippen LogP contribution in [-0.4, -0.2) is 53.5 Å². The predicted molar refractivity (Wildman–Crippen MR) is 82.2 cm³/mol. The summed E-state index contributed by atoms with van der Waals surface area (Å²) in [5.74, 6) is 0.0840. The number of rotatable bonds is 5. The quantitative estimate of drug-likeness (QED) is 0.836. The van der Waals surface area contributed by atoms with Gasteiger partial charge in [-0.15, -0.1) is 0 Å². The first-order valence-electron chi connectivity index (χ1n) is 7.87. The molecule has 2 rings (SSSR count). The summed E-state index contributed by atoms with van der Waals surface area (Å²) in [6.07, 6.45) is 2.22. The van der Waals surface area contributed by atoms with E-state index < -0.39 is 6.55 Å². The Kier molecular flexibility index (Phi) is 5.56. The van der Waals surface area contributed by atoms with E-state index in [1.165, 1.54) is 6.07 Å². The molecule has 0 unspecified atom stereocenters. The van der Waals surface area contributed by atoms with Gasteiger partial charge in [0.15, 0.2) is 0 Å². The fourth-order valence-electron chi connectivity index (χ4n) is 3.24. The van der Waals surface area contributed by atoms with Crippen molar-refractivity contribution in [2.75, 3.05) is 33.2 Å². The van der Waals surface area contributed by atoms with Gasteiger partial charge in [0.05, 0.1) is 0 Å². The lowest BCUT2D eigenvalue weighted by Gasteiger charge is -2.34. The molecule has 0 saturated carbocycles. The number of likely N-dealkylation sites (tertiary alicyclic amines) is 1.